The van der Waals surface area contributed by atoms with Gasteiger partial charge in [-0.05, 0) is 25.7 Å². The van der Waals surface area contributed by atoms with Gasteiger partial charge >= 0.3 is 0 Å². The van der Waals surface area contributed by atoms with E-state index in [9.17, 15) is 9.59 Å². The number of aromatic nitrogens is 3. The number of piperidine rings is 1. The van der Waals surface area contributed by atoms with Gasteiger partial charge in [-0.2, -0.15) is 0 Å². The van der Waals surface area contributed by atoms with Crippen molar-refractivity contribution in [2.75, 3.05) is 33.4 Å². The number of aryl methyl sites for hydroxylation is 1. The number of methoxy groups -OCH3 is 1. The Hall–Kier alpha value is -2.00. The molecule has 2 saturated heterocycles. The molecule has 1 N–H and O–H groups in total. The zero-order valence-electron chi connectivity index (χ0n) is 14.7. The molecule has 9 nitrogen and oxygen atoms in total. The van der Waals surface area contributed by atoms with E-state index in [-0.39, 0.29) is 23.2 Å². The molecular weight excluding hydrogens is 326 g/mol. The maximum Gasteiger partial charge on any atom is 0.293 e. The predicted molar refractivity (Wildman–Crippen MR) is 87.9 cm³/mol. The quantitative estimate of drug-likeness (QED) is 0.734. The fraction of sp³-hybridized carbons (Fsp3) is 0.750. The molecule has 9 heteroatoms. The van der Waals surface area contributed by atoms with Crippen molar-refractivity contribution in [1.82, 2.24) is 25.0 Å². The first-order valence-corrected chi connectivity index (χ1v) is 8.62. The summed E-state index contributed by atoms with van der Waals surface area (Å²) >= 11 is 0. The lowest BCUT2D eigenvalue weighted by atomic mass is 9.88. The molecule has 0 bridgehead atoms. The van der Waals surface area contributed by atoms with Gasteiger partial charge in [-0.15, -0.1) is 5.10 Å². The van der Waals surface area contributed by atoms with E-state index in [1.165, 1.54) is 11.0 Å². The van der Waals surface area contributed by atoms with E-state index < -0.39 is 6.10 Å². The maximum absolute atomic E-state index is 12.4. The maximum atomic E-state index is 12.4. The van der Waals surface area contributed by atoms with Gasteiger partial charge in [0.2, 0.25) is 11.7 Å². The van der Waals surface area contributed by atoms with E-state index in [1.54, 1.807) is 19.1 Å². The van der Waals surface area contributed by atoms with Crippen LogP contribution in [0.4, 0.5) is 0 Å². The summed E-state index contributed by atoms with van der Waals surface area (Å²) in [6.07, 6.45) is 4.14. The predicted octanol–water partition coefficient (Wildman–Crippen LogP) is -0.268. The normalized spacial score (nSPS) is 22.3. The summed E-state index contributed by atoms with van der Waals surface area (Å²) in [6, 6.07) is 0. The Balaban J connectivity index is 1.50. The number of nitrogens with one attached hydrogen (secondary N) is 1. The molecule has 3 heterocycles. The van der Waals surface area contributed by atoms with Gasteiger partial charge in [0.25, 0.3) is 5.91 Å². The third-order valence-electron chi connectivity index (χ3n) is 4.91. The van der Waals surface area contributed by atoms with Crippen LogP contribution in [0.2, 0.25) is 0 Å². The molecule has 2 aliphatic heterocycles. The number of rotatable bonds is 5. The van der Waals surface area contributed by atoms with Crippen molar-refractivity contribution in [2.45, 2.75) is 37.4 Å². The van der Waals surface area contributed by atoms with Crippen molar-refractivity contribution in [3.8, 4) is 0 Å². The van der Waals surface area contributed by atoms with Gasteiger partial charge in [0.1, 0.15) is 12.4 Å². The summed E-state index contributed by atoms with van der Waals surface area (Å²) < 4.78 is 12.5. The fourth-order valence-electron chi connectivity index (χ4n) is 3.45. The summed E-state index contributed by atoms with van der Waals surface area (Å²) in [7, 11) is 3.34. The van der Waals surface area contributed by atoms with Crippen LogP contribution in [0, 0.1) is 0 Å². The molecule has 0 aromatic carbocycles. The minimum absolute atomic E-state index is 0.0786. The number of hydrogen-bond acceptors (Lipinski definition) is 6. The van der Waals surface area contributed by atoms with Gasteiger partial charge in [0.15, 0.2) is 0 Å². The Bertz CT molecular complexity index is 624. The molecule has 0 aliphatic carbocycles. The first-order chi connectivity index (χ1) is 12.0. The van der Waals surface area contributed by atoms with E-state index in [1.807, 2.05) is 0 Å². The smallest absolute Gasteiger partial charge is 0.293 e. The fourth-order valence-corrected chi connectivity index (χ4v) is 3.45. The average molecular weight is 351 g/mol. The van der Waals surface area contributed by atoms with E-state index in [0.717, 1.165) is 19.3 Å². The van der Waals surface area contributed by atoms with Crippen molar-refractivity contribution in [2.24, 2.45) is 7.05 Å². The highest BCUT2D eigenvalue weighted by atomic mass is 16.5. The van der Waals surface area contributed by atoms with E-state index in [2.05, 4.69) is 15.4 Å². The van der Waals surface area contributed by atoms with Crippen LogP contribution in [0.1, 0.15) is 36.3 Å². The molecule has 2 aliphatic rings. The monoisotopic (exact) mass is 351 g/mol. The molecule has 2 fully saturated rings. The van der Waals surface area contributed by atoms with Gasteiger partial charge in [-0.25, -0.2) is 4.98 Å². The zero-order chi connectivity index (χ0) is 17.9. The Morgan fingerprint density at radius 2 is 2.16 bits per heavy atom. The summed E-state index contributed by atoms with van der Waals surface area (Å²) in [4.78, 5) is 30.3. The van der Waals surface area contributed by atoms with Gasteiger partial charge in [0.05, 0.1) is 12.2 Å². The largest absolute Gasteiger partial charge is 0.383 e. The molecule has 2 amide bonds. The van der Waals surface area contributed by atoms with E-state index in [4.69, 9.17) is 9.47 Å². The molecule has 1 atom stereocenters. The third-order valence-corrected chi connectivity index (χ3v) is 4.91. The van der Waals surface area contributed by atoms with Crippen LogP contribution in [0.3, 0.4) is 0 Å². The van der Waals surface area contributed by atoms with Crippen LogP contribution in [-0.4, -0.2) is 76.5 Å². The third kappa shape index (κ3) is 3.98. The highest BCUT2D eigenvalue weighted by molar-refractivity contribution is 5.90. The minimum atomic E-state index is -0.406. The lowest BCUT2D eigenvalue weighted by molar-refractivity contribution is -0.140. The van der Waals surface area contributed by atoms with Crippen molar-refractivity contribution in [3.63, 3.8) is 0 Å². The molecule has 25 heavy (non-hydrogen) atoms. The number of nitrogens with zero attached hydrogens (tertiary/aromatic N) is 4. The summed E-state index contributed by atoms with van der Waals surface area (Å²) in [6.45, 7) is 2.16. The molecule has 0 unspecified atom stereocenters. The lowest BCUT2D eigenvalue weighted by Crippen LogP contribution is -2.48. The first-order valence-electron chi connectivity index (χ1n) is 8.62. The second-order valence-corrected chi connectivity index (χ2v) is 6.65. The number of carbonyl (C=O) groups excluding carboxylic acids is 2. The lowest BCUT2D eigenvalue weighted by Gasteiger charge is -2.38. The minimum Gasteiger partial charge on any atom is -0.383 e. The summed E-state index contributed by atoms with van der Waals surface area (Å²) in [5.41, 5.74) is -0.294. The topological polar surface area (TPSA) is 98.6 Å². The number of likely N-dealkylation sites (tertiary alicyclic amines) is 1. The highest BCUT2D eigenvalue weighted by Gasteiger charge is 2.45. The number of ether oxygens (including phenoxy) is 2. The second kappa shape index (κ2) is 7.49. The Morgan fingerprint density at radius 3 is 2.80 bits per heavy atom. The molecule has 1 spiro atoms. The summed E-state index contributed by atoms with van der Waals surface area (Å²) in [5, 5.41) is 6.89. The molecular formula is C16H25N5O4. The van der Waals surface area contributed by atoms with E-state index in [0.29, 0.717) is 32.7 Å². The second-order valence-electron chi connectivity index (χ2n) is 6.65. The van der Waals surface area contributed by atoms with Crippen LogP contribution in [0.5, 0.6) is 0 Å². The van der Waals surface area contributed by atoms with Crippen LogP contribution < -0.4 is 5.32 Å². The van der Waals surface area contributed by atoms with Gasteiger partial charge in [0, 0.05) is 33.8 Å². The van der Waals surface area contributed by atoms with Crippen LogP contribution in [0.15, 0.2) is 6.33 Å². The molecule has 0 saturated carbocycles. The molecule has 0 radical (unpaired) electrons. The Kier molecular flexibility index (Phi) is 5.33. The standard InChI is InChI=1S/C16H25N5O4/c1-20-11-18-13(19-20)15(23)21-8-5-16(6-9-21)4-3-12(25-16)14(22)17-7-10-24-2/h11-12H,3-10H2,1-2H3,(H,17,22)/t12-/m0/s1. The van der Waals surface area contributed by atoms with Crippen LogP contribution in [0.25, 0.3) is 0 Å². The molecule has 3 rings (SSSR count). The van der Waals surface area contributed by atoms with E-state index >= 15 is 0 Å². The number of amides is 2. The highest BCUT2D eigenvalue weighted by Crippen LogP contribution is 2.39. The Morgan fingerprint density at radius 1 is 1.40 bits per heavy atom. The van der Waals surface area contributed by atoms with Crippen molar-refractivity contribution >= 4 is 11.8 Å². The summed E-state index contributed by atoms with van der Waals surface area (Å²) in [5.74, 6) is -0.00592. The number of carbonyl (C=O) groups is 2. The zero-order valence-corrected chi connectivity index (χ0v) is 14.7. The first kappa shape index (κ1) is 17.8. The van der Waals surface area contributed by atoms with Crippen molar-refractivity contribution < 1.29 is 19.1 Å². The van der Waals surface area contributed by atoms with Crippen LogP contribution in [-0.2, 0) is 21.3 Å². The van der Waals surface area contributed by atoms with Gasteiger partial charge < -0.3 is 19.7 Å². The average Bonchev–Trinajstić information content (AvgIpc) is 3.22. The molecule has 1 aromatic rings. The SMILES string of the molecule is COCCNC(=O)[C@@H]1CCC2(CCN(C(=O)c3ncn(C)n3)CC2)O1. The Labute approximate surface area is 146 Å². The van der Waals surface area contributed by atoms with Gasteiger partial charge in [-0.3, -0.25) is 14.3 Å². The molecule has 138 valence electrons. The number of hydrogen-bond donors (Lipinski definition) is 1. The van der Waals surface area contributed by atoms with Crippen molar-refractivity contribution in [3.05, 3.63) is 12.2 Å². The van der Waals surface area contributed by atoms with Crippen LogP contribution >= 0.6 is 0 Å². The van der Waals surface area contributed by atoms with Crippen molar-refractivity contribution in [1.29, 1.82) is 0 Å². The van der Waals surface area contributed by atoms with Gasteiger partial charge in [-0.1, -0.05) is 0 Å². The molecule has 1 aromatic heterocycles.